The second-order valence-electron chi connectivity index (χ2n) is 11.9. The van der Waals surface area contributed by atoms with Crippen LogP contribution in [0.5, 0.6) is 5.75 Å². The summed E-state index contributed by atoms with van der Waals surface area (Å²) in [7, 11) is 2.91. The number of hydrogen-bond donors (Lipinski definition) is 5. The van der Waals surface area contributed by atoms with Crippen molar-refractivity contribution in [2.45, 2.75) is 64.9 Å². The second kappa shape index (κ2) is 17.5. The van der Waals surface area contributed by atoms with Gasteiger partial charge in [0.2, 0.25) is 11.6 Å². The number of rotatable bonds is 7. The molecule has 2 amide bonds. The van der Waals surface area contributed by atoms with Crippen LogP contribution in [0.15, 0.2) is 82.8 Å². The quantitative estimate of drug-likeness (QED) is 0.125. The lowest BCUT2D eigenvalue weighted by atomic mass is 9.85. The van der Waals surface area contributed by atoms with E-state index in [4.69, 9.17) is 14.3 Å². The molecular formula is C35H43N3O10. The largest absolute Gasteiger partial charge is 0.508 e. The highest BCUT2D eigenvalue weighted by Gasteiger charge is 2.34. The first-order chi connectivity index (χ1) is 22.8. The first-order valence-corrected chi connectivity index (χ1v) is 15.4. The molecule has 1 aliphatic heterocycles. The van der Waals surface area contributed by atoms with Crippen LogP contribution in [0.1, 0.15) is 50.9 Å². The number of methoxy groups -OCH3 is 2. The molecule has 48 heavy (non-hydrogen) atoms. The normalized spacial score (nSPS) is 29.1. The van der Waals surface area contributed by atoms with Gasteiger partial charge in [0.25, 0.3) is 11.8 Å². The van der Waals surface area contributed by atoms with Crippen molar-refractivity contribution in [1.82, 2.24) is 16.1 Å². The van der Waals surface area contributed by atoms with Crippen LogP contribution in [-0.4, -0.2) is 78.6 Å². The Morgan fingerprint density at radius 1 is 1.10 bits per heavy atom. The van der Waals surface area contributed by atoms with Crippen molar-refractivity contribution in [1.29, 1.82) is 0 Å². The maximum absolute atomic E-state index is 13.8. The number of hydroxylamine groups is 1. The number of benzene rings is 1. The van der Waals surface area contributed by atoms with E-state index in [0.717, 1.165) is 6.08 Å². The van der Waals surface area contributed by atoms with E-state index in [1.54, 1.807) is 39.0 Å². The fraction of sp³-hybridized carbons (Fsp3) is 0.400. The van der Waals surface area contributed by atoms with Crippen LogP contribution < -0.4 is 16.1 Å². The average Bonchev–Trinajstić information content (AvgIpc) is 3.05. The number of phenols is 1. The Morgan fingerprint density at radius 2 is 1.83 bits per heavy atom. The Balaban J connectivity index is 2.09. The van der Waals surface area contributed by atoms with Gasteiger partial charge >= 0.3 is 6.47 Å². The molecule has 0 spiro atoms. The van der Waals surface area contributed by atoms with Crippen LogP contribution in [0.25, 0.3) is 0 Å². The van der Waals surface area contributed by atoms with Crippen molar-refractivity contribution in [2.75, 3.05) is 14.2 Å². The summed E-state index contributed by atoms with van der Waals surface area (Å²) < 4.78 is 11.3. The minimum absolute atomic E-state index is 0.00856. The Labute approximate surface area is 279 Å². The van der Waals surface area contributed by atoms with E-state index in [1.807, 2.05) is 0 Å². The molecule has 1 aromatic rings. The number of aromatic hydroxyl groups is 1. The molecule has 0 unspecified atom stereocenters. The molecule has 0 aromatic heterocycles. The van der Waals surface area contributed by atoms with Crippen molar-refractivity contribution in [3.8, 4) is 5.75 Å². The summed E-state index contributed by atoms with van der Waals surface area (Å²) >= 11 is 0. The van der Waals surface area contributed by atoms with E-state index in [0.29, 0.717) is 5.57 Å². The van der Waals surface area contributed by atoms with Gasteiger partial charge in [0, 0.05) is 42.9 Å². The molecule has 258 valence electrons. The lowest BCUT2D eigenvalue weighted by Crippen LogP contribution is -2.41. The van der Waals surface area contributed by atoms with Crippen molar-refractivity contribution in [3.05, 3.63) is 88.3 Å². The number of phenolic OH excluding ortho intramolecular Hbond substituents is 1. The lowest BCUT2D eigenvalue weighted by Gasteiger charge is -2.30. The summed E-state index contributed by atoms with van der Waals surface area (Å²) in [5.74, 6) is -3.71. The minimum atomic E-state index is -1.01. The summed E-state index contributed by atoms with van der Waals surface area (Å²) in [4.78, 5) is 69.3. The molecule has 2 bridgehead atoms. The topological polar surface area (TPSA) is 190 Å². The van der Waals surface area contributed by atoms with Gasteiger partial charge in [-0.05, 0) is 50.8 Å². The van der Waals surface area contributed by atoms with Gasteiger partial charge in [0.15, 0.2) is 0 Å². The van der Waals surface area contributed by atoms with Crippen LogP contribution in [0.3, 0.4) is 0 Å². The Hall–Kier alpha value is -4.69. The van der Waals surface area contributed by atoms with Crippen molar-refractivity contribution in [2.24, 2.45) is 11.8 Å². The van der Waals surface area contributed by atoms with E-state index >= 15 is 0 Å². The van der Waals surface area contributed by atoms with Gasteiger partial charge in [-0.25, -0.2) is 0 Å². The highest BCUT2D eigenvalue weighted by molar-refractivity contribution is 6.24. The molecule has 1 heterocycles. The van der Waals surface area contributed by atoms with Crippen LogP contribution in [-0.2, 0) is 33.5 Å². The van der Waals surface area contributed by atoms with Gasteiger partial charge < -0.3 is 35.2 Å². The Bertz CT molecular complexity index is 1560. The molecular weight excluding hydrogens is 622 g/mol. The zero-order chi connectivity index (χ0) is 35.5. The summed E-state index contributed by atoms with van der Waals surface area (Å²) in [6.07, 6.45) is 5.27. The molecule has 0 saturated heterocycles. The zero-order valence-corrected chi connectivity index (χ0v) is 27.8. The molecule has 0 saturated carbocycles. The predicted octanol–water partition coefficient (Wildman–Crippen LogP) is 2.48. The first-order valence-electron chi connectivity index (χ1n) is 15.4. The third kappa shape index (κ3) is 9.67. The molecule has 2 aliphatic rings. The van der Waals surface area contributed by atoms with Gasteiger partial charge in [-0.2, -0.15) is 0 Å². The molecule has 0 fully saturated rings. The number of aliphatic hydroxyl groups is 1. The highest BCUT2D eigenvalue weighted by Crippen LogP contribution is 2.29. The third-order valence-electron chi connectivity index (χ3n) is 8.21. The summed E-state index contributed by atoms with van der Waals surface area (Å²) in [6.45, 7) is 7.14. The second-order valence-corrected chi connectivity index (χ2v) is 11.9. The van der Waals surface area contributed by atoms with Crippen molar-refractivity contribution in [3.63, 3.8) is 0 Å². The number of hydrogen-bond acceptors (Lipinski definition) is 11. The smallest absolute Gasteiger partial charge is 0.312 e. The molecule has 0 radical (unpaired) electrons. The van der Waals surface area contributed by atoms with E-state index < -0.39 is 53.7 Å². The SMILES string of the molecule is CO[C@H]1/C=C\C=C(/C)C(=O)NC2=CC(=O)C(NC(=O)c3cccc(O)c3)=C(C[C@@H](C)C[C@H](OC)[C@H](O)[C@@H](C)/C=C(\C)[C@@H]1NOC=O)C2=O. The molecule has 6 atom stereocenters. The number of fused-ring (bicyclic) bond motifs is 2. The average molecular weight is 666 g/mol. The summed E-state index contributed by atoms with van der Waals surface area (Å²) in [5.41, 5.74) is 3.06. The maximum atomic E-state index is 13.8. The van der Waals surface area contributed by atoms with Crippen LogP contribution in [0.4, 0.5) is 0 Å². The lowest BCUT2D eigenvalue weighted by molar-refractivity contribution is -0.138. The number of amides is 2. The van der Waals surface area contributed by atoms with Crippen LogP contribution in [0, 0.1) is 11.8 Å². The molecule has 3 rings (SSSR count). The fourth-order valence-electron chi connectivity index (χ4n) is 5.56. The highest BCUT2D eigenvalue weighted by atomic mass is 16.7. The molecule has 1 aliphatic carbocycles. The number of carbonyl (C=O) groups is 5. The van der Waals surface area contributed by atoms with Gasteiger partial charge in [0.05, 0.1) is 35.7 Å². The molecule has 5 N–H and O–H groups in total. The standard InChI is InChI=1S/C35H43N3O10/c1-19-13-25-31(37-35(45)23-10-8-11-24(40)16-23)27(41)17-26(33(25)43)36-34(44)20(2)9-7-12-28(46-5)30(38-48-18-39)21(3)15-22(4)32(42)29(14-19)47-6/h7-12,15-19,22,28-30,32,38,40,42H,13-14H2,1-6H3,(H,36,44)(H,37,45)/b12-7-,20-9+,21-15+/t19-,22+,28+,29+,30+,32-/m1/s1. The molecule has 13 heteroatoms. The monoisotopic (exact) mass is 665 g/mol. The van der Waals surface area contributed by atoms with E-state index in [1.165, 1.54) is 51.5 Å². The van der Waals surface area contributed by atoms with Gasteiger partial charge in [-0.1, -0.05) is 49.8 Å². The Morgan fingerprint density at radius 3 is 2.48 bits per heavy atom. The zero-order valence-electron chi connectivity index (χ0n) is 27.8. The number of Topliss-reactive ketones (excluding diaryl/α,β-unsaturated/α-hetero) is 1. The maximum Gasteiger partial charge on any atom is 0.312 e. The fourth-order valence-corrected chi connectivity index (χ4v) is 5.56. The third-order valence-corrected chi connectivity index (χ3v) is 8.21. The van der Waals surface area contributed by atoms with E-state index in [-0.39, 0.29) is 59.1 Å². The predicted molar refractivity (Wildman–Crippen MR) is 175 cm³/mol. The summed E-state index contributed by atoms with van der Waals surface area (Å²) in [5, 5.41) is 26.2. The van der Waals surface area contributed by atoms with Gasteiger partial charge in [0.1, 0.15) is 5.75 Å². The number of ketones is 2. The number of aliphatic hydroxyl groups excluding tert-OH is 1. The van der Waals surface area contributed by atoms with Crippen molar-refractivity contribution >= 4 is 29.9 Å². The molecule has 13 nitrogen and oxygen atoms in total. The van der Waals surface area contributed by atoms with Crippen LogP contribution >= 0.6 is 0 Å². The van der Waals surface area contributed by atoms with Gasteiger partial charge in [-0.15, -0.1) is 5.48 Å². The Kier molecular flexibility index (Phi) is 13.7. The van der Waals surface area contributed by atoms with E-state index in [2.05, 4.69) is 16.1 Å². The minimum Gasteiger partial charge on any atom is -0.508 e. The van der Waals surface area contributed by atoms with E-state index in [9.17, 15) is 34.2 Å². The first kappa shape index (κ1) is 37.8. The van der Waals surface area contributed by atoms with Crippen LogP contribution in [0.2, 0.25) is 0 Å². The van der Waals surface area contributed by atoms with Crippen molar-refractivity contribution < 1.29 is 48.5 Å². The number of ether oxygens (including phenoxy) is 2. The molecule has 1 aromatic carbocycles. The number of nitrogens with one attached hydrogen (secondary N) is 3. The van der Waals surface area contributed by atoms with Gasteiger partial charge in [-0.3, -0.25) is 24.0 Å². The summed E-state index contributed by atoms with van der Waals surface area (Å²) in [6, 6.07) is 4.86. The number of allylic oxidation sites excluding steroid dienone is 4. The number of carbonyl (C=O) groups excluding carboxylic acids is 5.